The molecule has 4 heteroatoms. The molecule has 0 saturated heterocycles. The number of Topliss-reactive ketones (excluding diaryl/α,β-unsaturated/α-hetero) is 1. The van der Waals surface area contributed by atoms with Crippen LogP contribution in [-0.4, -0.2) is 17.5 Å². The van der Waals surface area contributed by atoms with Crippen molar-refractivity contribution in [2.24, 2.45) is 7.05 Å². The Labute approximate surface area is 117 Å². The highest BCUT2D eigenvalue weighted by atomic mass is 16.5. The predicted molar refractivity (Wildman–Crippen MR) is 78.4 cm³/mol. The summed E-state index contributed by atoms with van der Waals surface area (Å²) in [4.78, 5) is 23.5. The van der Waals surface area contributed by atoms with Gasteiger partial charge in [-0.25, -0.2) is 0 Å². The van der Waals surface area contributed by atoms with Crippen LogP contribution in [0.2, 0.25) is 0 Å². The van der Waals surface area contributed by atoms with Gasteiger partial charge in [0.15, 0.2) is 5.78 Å². The van der Waals surface area contributed by atoms with E-state index in [4.69, 9.17) is 4.74 Å². The Morgan fingerprint density at radius 2 is 1.90 bits per heavy atom. The Balaban J connectivity index is 2.60. The first kappa shape index (κ1) is 14.1. The van der Waals surface area contributed by atoms with Crippen molar-refractivity contribution < 1.29 is 9.53 Å². The van der Waals surface area contributed by atoms with Gasteiger partial charge in [0.25, 0.3) is 5.56 Å². The number of ether oxygens (including phenoxy) is 1. The molecule has 4 nitrogen and oxygen atoms in total. The summed E-state index contributed by atoms with van der Waals surface area (Å²) in [5, 5.41) is 0. The van der Waals surface area contributed by atoms with Crippen molar-refractivity contribution in [1.82, 2.24) is 4.57 Å². The van der Waals surface area contributed by atoms with Crippen molar-refractivity contribution in [1.29, 1.82) is 0 Å². The molecule has 0 bridgehead atoms. The van der Waals surface area contributed by atoms with Crippen molar-refractivity contribution in [2.75, 3.05) is 7.11 Å². The Hall–Kier alpha value is -2.36. The predicted octanol–water partition coefficient (Wildman–Crippen LogP) is 2.57. The molecule has 0 N–H and O–H groups in total. The van der Waals surface area contributed by atoms with E-state index in [1.54, 1.807) is 26.3 Å². The lowest BCUT2D eigenvalue weighted by Gasteiger charge is -2.12. The van der Waals surface area contributed by atoms with Crippen molar-refractivity contribution >= 4 is 5.78 Å². The molecule has 0 aliphatic heterocycles. The number of pyridine rings is 1. The van der Waals surface area contributed by atoms with Gasteiger partial charge >= 0.3 is 0 Å². The number of carbonyl (C=O) groups is 1. The summed E-state index contributed by atoms with van der Waals surface area (Å²) >= 11 is 0. The Morgan fingerprint density at radius 1 is 1.20 bits per heavy atom. The molecule has 104 valence electrons. The quantitative estimate of drug-likeness (QED) is 0.806. The number of carbonyl (C=O) groups excluding carboxylic acids is 1. The zero-order valence-electron chi connectivity index (χ0n) is 12.1. The third kappa shape index (κ3) is 2.37. The van der Waals surface area contributed by atoms with E-state index >= 15 is 0 Å². The van der Waals surface area contributed by atoms with Crippen LogP contribution in [0, 0.1) is 6.92 Å². The van der Waals surface area contributed by atoms with Gasteiger partial charge in [-0.3, -0.25) is 9.59 Å². The number of hydrogen-bond acceptors (Lipinski definition) is 3. The minimum absolute atomic E-state index is 0.210. The Kier molecular flexibility index (Phi) is 3.74. The summed E-state index contributed by atoms with van der Waals surface area (Å²) in [7, 11) is 3.29. The first-order valence-corrected chi connectivity index (χ1v) is 6.31. The largest absolute Gasteiger partial charge is 0.496 e. The normalized spacial score (nSPS) is 10.4. The van der Waals surface area contributed by atoms with Crippen molar-refractivity contribution in [3.05, 3.63) is 51.8 Å². The monoisotopic (exact) mass is 271 g/mol. The summed E-state index contributed by atoms with van der Waals surface area (Å²) in [5.41, 5.74) is 2.61. The third-order valence-electron chi connectivity index (χ3n) is 3.37. The van der Waals surface area contributed by atoms with Gasteiger partial charge in [0.1, 0.15) is 5.75 Å². The van der Waals surface area contributed by atoms with Crippen LogP contribution < -0.4 is 10.3 Å². The highest BCUT2D eigenvalue weighted by Crippen LogP contribution is 2.25. The number of aryl methyl sites for hydroxylation is 1. The van der Waals surface area contributed by atoms with Crippen LogP contribution in [0.5, 0.6) is 5.75 Å². The number of methoxy groups -OCH3 is 1. The van der Waals surface area contributed by atoms with Gasteiger partial charge in [-0.05, 0) is 55.3 Å². The van der Waals surface area contributed by atoms with Gasteiger partial charge in [0.2, 0.25) is 0 Å². The Bertz CT molecular complexity index is 729. The van der Waals surface area contributed by atoms with E-state index in [2.05, 4.69) is 0 Å². The molecule has 0 aliphatic rings. The first-order chi connectivity index (χ1) is 9.45. The Morgan fingerprint density at radius 3 is 2.45 bits per heavy atom. The zero-order valence-corrected chi connectivity index (χ0v) is 12.1. The lowest BCUT2D eigenvalue weighted by molar-refractivity contribution is 0.101. The fourth-order valence-electron chi connectivity index (χ4n) is 2.23. The number of hydrogen-bond donors (Lipinski definition) is 0. The molecule has 0 amide bonds. The fraction of sp³-hybridized carbons (Fsp3) is 0.250. The number of aromatic nitrogens is 1. The van der Waals surface area contributed by atoms with Crippen molar-refractivity contribution in [2.45, 2.75) is 13.8 Å². The minimum Gasteiger partial charge on any atom is -0.496 e. The molecule has 0 atom stereocenters. The fourth-order valence-corrected chi connectivity index (χ4v) is 2.23. The third-order valence-corrected chi connectivity index (χ3v) is 3.37. The lowest BCUT2D eigenvalue weighted by Crippen LogP contribution is -2.24. The van der Waals surface area contributed by atoms with Gasteiger partial charge in [0, 0.05) is 7.05 Å². The zero-order chi connectivity index (χ0) is 14.9. The lowest BCUT2D eigenvalue weighted by atomic mass is 10.1. The molecular formula is C16H17NO3. The standard InChI is InChI=1S/C16H17NO3/c1-10-9-12(5-8-15(10)20-4)14-7-6-13(11(2)18)16(19)17(14)3/h5-9H,1-4H3. The van der Waals surface area contributed by atoms with Crippen LogP contribution in [0.15, 0.2) is 35.1 Å². The highest BCUT2D eigenvalue weighted by molar-refractivity contribution is 5.94. The molecule has 2 rings (SSSR count). The maximum atomic E-state index is 12.1. The first-order valence-electron chi connectivity index (χ1n) is 6.31. The molecule has 1 aromatic carbocycles. The van der Waals surface area contributed by atoms with Gasteiger partial charge in [-0.15, -0.1) is 0 Å². The molecule has 1 heterocycles. The van der Waals surface area contributed by atoms with E-state index in [-0.39, 0.29) is 16.9 Å². The highest BCUT2D eigenvalue weighted by Gasteiger charge is 2.11. The molecule has 0 unspecified atom stereocenters. The second-order valence-corrected chi connectivity index (χ2v) is 4.74. The van der Waals surface area contributed by atoms with E-state index in [9.17, 15) is 9.59 Å². The molecule has 20 heavy (non-hydrogen) atoms. The maximum absolute atomic E-state index is 12.1. The number of rotatable bonds is 3. The van der Waals surface area contributed by atoms with E-state index in [1.807, 2.05) is 25.1 Å². The summed E-state index contributed by atoms with van der Waals surface area (Å²) in [6.45, 7) is 3.35. The van der Waals surface area contributed by atoms with Crippen LogP contribution in [-0.2, 0) is 7.05 Å². The van der Waals surface area contributed by atoms with E-state index in [0.29, 0.717) is 0 Å². The molecule has 2 aromatic rings. The number of ketones is 1. The van der Waals surface area contributed by atoms with Crippen molar-refractivity contribution in [3.8, 4) is 17.0 Å². The molecule has 0 aliphatic carbocycles. The molecular weight excluding hydrogens is 254 g/mol. The maximum Gasteiger partial charge on any atom is 0.261 e. The second kappa shape index (κ2) is 5.33. The number of nitrogens with zero attached hydrogens (tertiary/aromatic N) is 1. The molecule has 1 aromatic heterocycles. The smallest absolute Gasteiger partial charge is 0.261 e. The van der Waals surface area contributed by atoms with E-state index in [0.717, 1.165) is 22.6 Å². The SMILES string of the molecule is COc1ccc(-c2ccc(C(C)=O)c(=O)n2C)cc1C. The van der Waals surface area contributed by atoms with Crippen LogP contribution in [0.1, 0.15) is 22.8 Å². The average molecular weight is 271 g/mol. The second-order valence-electron chi connectivity index (χ2n) is 4.74. The van der Waals surface area contributed by atoms with Crippen LogP contribution in [0.3, 0.4) is 0 Å². The number of benzene rings is 1. The topological polar surface area (TPSA) is 48.3 Å². The average Bonchev–Trinajstić information content (AvgIpc) is 2.41. The van der Waals surface area contributed by atoms with Crippen molar-refractivity contribution in [3.63, 3.8) is 0 Å². The van der Waals surface area contributed by atoms with Crippen LogP contribution in [0.4, 0.5) is 0 Å². The molecule has 0 fully saturated rings. The van der Waals surface area contributed by atoms with Gasteiger partial charge in [-0.2, -0.15) is 0 Å². The molecule has 0 radical (unpaired) electrons. The van der Waals surface area contributed by atoms with E-state index < -0.39 is 0 Å². The van der Waals surface area contributed by atoms with Crippen LogP contribution in [0.25, 0.3) is 11.3 Å². The molecule has 0 saturated carbocycles. The summed E-state index contributed by atoms with van der Waals surface area (Å²) in [5.74, 6) is 0.585. The van der Waals surface area contributed by atoms with Gasteiger partial charge < -0.3 is 9.30 Å². The van der Waals surface area contributed by atoms with E-state index in [1.165, 1.54) is 11.5 Å². The van der Waals surface area contributed by atoms with Gasteiger partial charge in [0.05, 0.1) is 18.4 Å². The van der Waals surface area contributed by atoms with Crippen LogP contribution >= 0.6 is 0 Å². The molecule has 0 spiro atoms. The minimum atomic E-state index is -0.275. The summed E-state index contributed by atoms with van der Waals surface area (Å²) in [6.07, 6.45) is 0. The summed E-state index contributed by atoms with van der Waals surface area (Å²) < 4.78 is 6.73. The summed E-state index contributed by atoms with van der Waals surface area (Å²) in [6, 6.07) is 9.10. The van der Waals surface area contributed by atoms with Gasteiger partial charge in [-0.1, -0.05) is 0 Å².